The number of benzene rings is 3. The molecule has 1 aromatic heterocycles. The predicted octanol–water partition coefficient (Wildman–Crippen LogP) is 4.77. The highest BCUT2D eigenvalue weighted by Gasteiger charge is 2.34. The third-order valence-electron chi connectivity index (χ3n) is 7.92. The smallest absolute Gasteiger partial charge is 0.244 e. The van der Waals surface area contributed by atoms with Crippen LogP contribution in [0.2, 0.25) is 0 Å². The molecule has 1 heterocycles. The second kappa shape index (κ2) is 12.4. The summed E-state index contributed by atoms with van der Waals surface area (Å²) in [5, 5.41) is 12.2. The number of primary amides is 1. The van der Waals surface area contributed by atoms with Crippen LogP contribution in [0.15, 0.2) is 72.8 Å². The molecule has 0 saturated heterocycles. The molecule has 3 aromatic carbocycles. The standard InChI is InChI=1S/C32H35FN4O3/c33-24-17-15-23(16-18-24)30(31(34)39)36-32(40)26-7-2-1-6-25(26)22-13-11-21(12-14-22)20-37-28-9-4-3-8-27(28)35-29(37)10-5-19-38/h3-4,8-9,11-18,25-26,30,38H,1-2,5-7,10,19-20H2,(H2,34,39)(H,36,40). The van der Waals surface area contributed by atoms with E-state index >= 15 is 0 Å². The number of aliphatic hydroxyl groups is 1. The van der Waals surface area contributed by atoms with E-state index in [2.05, 4.69) is 40.2 Å². The van der Waals surface area contributed by atoms with Gasteiger partial charge in [-0.05, 0) is 66.1 Å². The van der Waals surface area contributed by atoms with Crippen LogP contribution in [-0.2, 0) is 22.6 Å². The first-order chi connectivity index (χ1) is 19.4. The molecule has 0 bridgehead atoms. The van der Waals surface area contributed by atoms with Crippen molar-refractivity contribution in [3.63, 3.8) is 0 Å². The van der Waals surface area contributed by atoms with Crippen LogP contribution in [0, 0.1) is 11.7 Å². The van der Waals surface area contributed by atoms with Gasteiger partial charge in [-0.15, -0.1) is 0 Å². The Labute approximate surface area is 233 Å². The molecular weight excluding hydrogens is 507 g/mol. The van der Waals surface area contributed by atoms with Crippen LogP contribution in [0.4, 0.5) is 4.39 Å². The highest BCUT2D eigenvalue weighted by molar-refractivity contribution is 5.89. The summed E-state index contributed by atoms with van der Waals surface area (Å²) in [6.07, 6.45) is 4.93. The Morgan fingerprint density at radius 3 is 2.48 bits per heavy atom. The number of aromatic nitrogens is 2. The number of imidazole rings is 1. The summed E-state index contributed by atoms with van der Waals surface area (Å²) >= 11 is 0. The summed E-state index contributed by atoms with van der Waals surface area (Å²) in [4.78, 5) is 30.4. The highest BCUT2D eigenvalue weighted by Crippen LogP contribution is 2.38. The molecule has 1 saturated carbocycles. The van der Waals surface area contributed by atoms with Gasteiger partial charge in [0.25, 0.3) is 0 Å². The monoisotopic (exact) mass is 542 g/mol. The maximum atomic E-state index is 13.4. The van der Waals surface area contributed by atoms with E-state index < -0.39 is 17.8 Å². The molecule has 0 aliphatic heterocycles. The number of fused-ring (bicyclic) bond motifs is 1. The molecule has 0 spiro atoms. The van der Waals surface area contributed by atoms with E-state index in [-0.39, 0.29) is 24.3 Å². The SMILES string of the molecule is NC(=O)C(NC(=O)C1CCCCC1c1ccc(Cn2c(CCCO)nc3ccccc32)cc1)c1ccc(F)cc1. The van der Waals surface area contributed by atoms with Crippen LogP contribution in [0.1, 0.15) is 66.6 Å². The predicted molar refractivity (Wildman–Crippen MR) is 152 cm³/mol. The van der Waals surface area contributed by atoms with Crippen molar-refractivity contribution in [2.75, 3.05) is 6.61 Å². The average molecular weight is 543 g/mol. The van der Waals surface area contributed by atoms with Gasteiger partial charge in [0.15, 0.2) is 0 Å². The minimum atomic E-state index is -1.01. The van der Waals surface area contributed by atoms with Gasteiger partial charge in [-0.2, -0.15) is 0 Å². The Morgan fingerprint density at radius 1 is 1.02 bits per heavy atom. The van der Waals surface area contributed by atoms with Crippen molar-refractivity contribution in [3.05, 3.63) is 101 Å². The Bertz CT molecular complexity index is 1470. The van der Waals surface area contributed by atoms with Crippen molar-refractivity contribution in [1.82, 2.24) is 14.9 Å². The summed E-state index contributed by atoms with van der Waals surface area (Å²) in [5.74, 6) is -0.615. The van der Waals surface area contributed by atoms with Crippen molar-refractivity contribution >= 4 is 22.8 Å². The molecule has 40 heavy (non-hydrogen) atoms. The van der Waals surface area contributed by atoms with E-state index in [0.717, 1.165) is 53.7 Å². The molecule has 7 nitrogen and oxygen atoms in total. The number of amides is 2. The first-order valence-electron chi connectivity index (χ1n) is 13.9. The number of hydrogen-bond donors (Lipinski definition) is 3. The van der Waals surface area contributed by atoms with Gasteiger partial charge in [-0.3, -0.25) is 9.59 Å². The fourth-order valence-electron chi connectivity index (χ4n) is 5.85. The van der Waals surface area contributed by atoms with Crippen LogP contribution in [0.5, 0.6) is 0 Å². The number of nitrogens with one attached hydrogen (secondary N) is 1. The summed E-state index contributed by atoms with van der Waals surface area (Å²) in [6.45, 7) is 0.784. The third-order valence-corrected chi connectivity index (χ3v) is 7.92. The second-order valence-corrected chi connectivity index (χ2v) is 10.6. The number of hydrogen-bond acceptors (Lipinski definition) is 4. The van der Waals surface area contributed by atoms with E-state index in [1.165, 1.54) is 24.3 Å². The van der Waals surface area contributed by atoms with Crippen LogP contribution >= 0.6 is 0 Å². The lowest BCUT2D eigenvalue weighted by Crippen LogP contribution is -2.42. The lowest BCUT2D eigenvalue weighted by Gasteiger charge is -2.32. The number of nitrogens with zero attached hydrogens (tertiary/aromatic N) is 2. The zero-order valence-corrected chi connectivity index (χ0v) is 22.4. The van der Waals surface area contributed by atoms with Gasteiger partial charge in [-0.25, -0.2) is 9.37 Å². The molecule has 208 valence electrons. The summed E-state index contributed by atoms with van der Waals surface area (Å²) < 4.78 is 15.6. The van der Waals surface area contributed by atoms with Crippen molar-refractivity contribution in [2.45, 2.75) is 57.0 Å². The number of aryl methyl sites for hydroxylation is 1. The number of rotatable bonds is 10. The molecular formula is C32H35FN4O3. The van der Waals surface area contributed by atoms with Crippen LogP contribution in [-0.4, -0.2) is 33.1 Å². The van der Waals surface area contributed by atoms with Crippen molar-refractivity contribution in [2.24, 2.45) is 11.7 Å². The molecule has 4 N–H and O–H groups in total. The van der Waals surface area contributed by atoms with Gasteiger partial charge >= 0.3 is 0 Å². The van der Waals surface area contributed by atoms with Gasteiger partial charge in [-0.1, -0.05) is 61.4 Å². The molecule has 8 heteroatoms. The normalized spacial score (nSPS) is 17.9. The number of halogens is 1. The topological polar surface area (TPSA) is 110 Å². The maximum absolute atomic E-state index is 13.4. The molecule has 1 aliphatic carbocycles. The molecule has 3 atom stereocenters. The second-order valence-electron chi connectivity index (χ2n) is 10.6. The number of carbonyl (C=O) groups excluding carboxylic acids is 2. The van der Waals surface area contributed by atoms with Crippen molar-refractivity contribution in [3.8, 4) is 0 Å². The number of nitrogens with two attached hydrogens (primary N) is 1. The van der Waals surface area contributed by atoms with Crippen molar-refractivity contribution in [1.29, 1.82) is 0 Å². The van der Waals surface area contributed by atoms with E-state index in [9.17, 15) is 19.1 Å². The first-order valence-corrected chi connectivity index (χ1v) is 13.9. The lowest BCUT2D eigenvalue weighted by molar-refractivity contribution is -0.131. The maximum Gasteiger partial charge on any atom is 0.244 e. The number of para-hydroxylation sites is 2. The van der Waals surface area contributed by atoms with Gasteiger partial charge in [0.05, 0.1) is 11.0 Å². The van der Waals surface area contributed by atoms with Gasteiger partial charge in [0, 0.05) is 25.5 Å². The minimum Gasteiger partial charge on any atom is -0.396 e. The van der Waals surface area contributed by atoms with Crippen LogP contribution in [0.25, 0.3) is 11.0 Å². The van der Waals surface area contributed by atoms with Crippen LogP contribution in [0.3, 0.4) is 0 Å². The lowest BCUT2D eigenvalue weighted by atomic mass is 9.74. The molecule has 2 amide bonds. The molecule has 1 aliphatic rings. The Kier molecular flexibility index (Phi) is 8.55. The van der Waals surface area contributed by atoms with Gasteiger partial charge in [0.2, 0.25) is 11.8 Å². The molecule has 5 rings (SSSR count). The van der Waals surface area contributed by atoms with Gasteiger partial charge in [0.1, 0.15) is 17.7 Å². The summed E-state index contributed by atoms with van der Waals surface area (Å²) in [6, 6.07) is 20.9. The largest absolute Gasteiger partial charge is 0.396 e. The zero-order valence-electron chi connectivity index (χ0n) is 22.4. The third kappa shape index (κ3) is 6.07. The minimum absolute atomic E-state index is 0.0266. The number of carbonyl (C=O) groups is 2. The fourth-order valence-corrected chi connectivity index (χ4v) is 5.85. The summed E-state index contributed by atoms with van der Waals surface area (Å²) in [5.41, 5.74) is 10.3. The van der Waals surface area contributed by atoms with E-state index in [4.69, 9.17) is 10.7 Å². The van der Waals surface area contributed by atoms with Crippen LogP contribution < -0.4 is 11.1 Å². The molecule has 4 aromatic rings. The quantitative estimate of drug-likeness (QED) is 0.268. The fraction of sp³-hybridized carbons (Fsp3) is 0.344. The average Bonchev–Trinajstić information content (AvgIpc) is 3.32. The first kappa shape index (κ1) is 27.5. The van der Waals surface area contributed by atoms with Gasteiger partial charge < -0.3 is 20.7 Å². The Hall–Kier alpha value is -4.04. The molecule has 1 fully saturated rings. The van der Waals surface area contributed by atoms with E-state index in [1.807, 2.05) is 18.2 Å². The molecule has 0 radical (unpaired) electrons. The van der Waals surface area contributed by atoms with E-state index in [1.54, 1.807) is 0 Å². The highest BCUT2D eigenvalue weighted by atomic mass is 19.1. The molecule has 3 unspecified atom stereocenters. The van der Waals surface area contributed by atoms with Crippen molar-refractivity contribution < 1.29 is 19.1 Å². The Morgan fingerprint density at radius 2 is 1.75 bits per heavy atom. The summed E-state index contributed by atoms with van der Waals surface area (Å²) in [7, 11) is 0. The Balaban J connectivity index is 1.33. The van der Waals surface area contributed by atoms with E-state index in [0.29, 0.717) is 24.9 Å². The zero-order chi connectivity index (χ0) is 28.1. The number of aliphatic hydroxyl groups excluding tert-OH is 1.